The largest absolute Gasteiger partial charge is 0.451 e. The van der Waals surface area contributed by atoms with Gasteiger partial charge in [-0.2, -0.15) is 0 Å². The van der Waals surface area contributed by atoms with Crippen LogP contribution in [0.3, 0.4) is 0 Å². The van der Waals surface area contributed by atoms with Gasteiger partial charge in [-0.3, -0.25) is 4.79 Å². The van der Waals surface area contributed by atoms with E-state index in [0.717, 1.165) is 54.0 Å². The lowest BCUT2D eigenvalue weighted by Gasteiger charge is -2.56. The molecule has 4 aliphatic rings. The molecule has 0 radical (unpaired) electrons. The van der Waals surface area contributed by atoms with Gasteiger partial charge in [0.1, 0.15) is 5.01 Å². The Hall–Kier alpha value is -2.21. The third-order valence-electron chi connectivity index (χ3n) is 7.10. The summed E-state index contributed by atoms with van der Waals surface area (Å²) in [5.74, 6) is 1.57. The summed E-state index contributed by atoms with van der Waals surface area (Å²) in [5.41, 5.74) is 2.45. The van der Waals surface area contributed by atoms with Gasteiger partial charge in [-0.25, -0.2) is 9.78 Å². The van der Waals surface area contributed by atoms with Crippen molar-refractivity contribution in [2.75, 3.05) is 6.61 Å². The number of hydrogen-bond donors (Lipinski definition) is 1. The molecule has 4 aliphatic carbocycles. The number of carbonyl (C=O) groups excluding carboxylic acids is 2. The maximum Gasteiger partial charge on any atom is 0.358 e. The first-order valence-electron chi connectivity index (χ1n) is 11.0. The number of nitrogens with one attached hydrogen (secondary N) is 1. The second-order valence-corrected chi connectivity index (χ2v) is 10.3. The molecule has 1 aromatic carbocycles. The van der Waals surface area contributed by atoms with Crippen molar-refractivity contribution in [1.29, 1.82) is 0 Å². The molecule has 1 heterocycles. The minimum Gasteiger partial charge on any atom is -0.451 e. The molecule has 4 bridgehead atoms. The molecule has 1 amide bonds. The third kappa shape index (κ3) is 3.89. The van der Waals surface area contributed by atoms with E-state index >= 15 is 0 Å². The summed E-state index contributed by atoms with van der Waals surface area (Å²) in [7, 11) is 0. The molecule has 6 heteroatoms. The van der Waals surface area contributed by atoms with Crippen molar-refractivity contribution in [1.82, 2.24) is 10.3 Å². The van der Waals surface area contributed by atoms with Crippen LogP contribution < -0.4 is 5.32 Å². The van der Waals surface area contributed by atoms with Crippen LogP contribution in [-0.4, -0.2) is 29.0 Å². The van der Waals surface area contributed by atoms with Crippen molar-refractivity contribution in [3.05, 3.63) is 40.9 Å². The Bertz CT molecular complexity index is 914. The van der Waals surface area contributed by atoms with Crippen molar-refractivity contribution >= 4 is 23.2 Å². The molecule has 30 heavy (non-hydrogen) atoms. The molecular weight excluding hydrogens is 396 g/mol. The van der Waals surface area contributed by atoms with Gasteiger partial charge in [0.25, 0.3) is 5.91 Å². The van der Waals surface area contributed by atoms with Crippen LogP contribution in [0.25, 0.3) is 10.6 Å². The van der Waals surface area contributed by atoms with Gasteiger partial charge in [-0.1, -0.05) is 31.2 Å². The van der Waals surface area contributed by atoms with Gasteiger partial charge in [-0.15, -0.1) is 11.3 Å². The number of nitrogens with zero attached hydrogens (tertiary/aromatic N) is 1. The Morgan fingerprint density at radius 3 is 2.33 bits per heavy atom. The predicted molar refractivity (Wildman–Crippen MR) is 116 cm³/mol. The first-order chi connectivity index (χ1) is 14.5. The molecule has 1 N–H and O–H groups in total. The second-order valence-electron chi connectivity index (χ2n) is 9.41. The Morgan fingerprint density at radius 2 is 1.73 bits per heavy atom. The number of aromatic nitrogens is 1. The average molecular weight is 425 g/mol. The lowest BCUT2D eigenvalue weighted by Crippen LogP contribution is -2.60. The molecular formula is C24H28N2O3S. The summed E-state index contributed by atoms with van der Waals surface area (Å²) in [6.45, 7) is 1.88. The molecule has 2 aromatic rings. The van der Waals surface area contributed by atoms with Crippen LogP contribution in [0.1, 0.15) is 61.5 Å². The minimum absolute atomic E-state index is 0.0588. The van der Waals surface area contributed by atoms with E-state index in [0.29, 0.717) is 0 Å². The van der Waals surface area contributed by atoms with Crippen molar-refractivity contribution < 1.29 is 14.3 Å². The zero-order valence-electron chi connectivity index (χ0n) is 17.4. The average Bonchev–Trinajstić information content (AvgIpc) is 3.21. The number of amides is 1. The SMILES string of the molecule is CCc1ccc(-c2nc(C(=O)OCC(=O)NC34CC5CC(CC(C5)C3)C4)cs2)cc1. The predicted octanol–water partition coefficient (Wildman–Crippen LogP) is 4.61. The lowest BCUT2D eigenvalue weighted by molar-refractivity contribution is -0.130. The van der Waals surface area contributed by atoms with E-state index in [1.54, 1.807) is 5.38 Å². The van der Waals surface area contributed by atoms with Crippen molar-refractivity contribution in [2.24, 2.45) is 17.8 Å². The summed E-state index contributed by atoms with van der Waals surface area (Å²) in [5, 5.41) is 5.72. The molecule has 4 fully saturated rings. The van der Waals surface area contributed by atoms with E-state index < -0.39 is 5.97 Å². The minimum atomic E-state index is -0.539. The highest BCUT2D eigenvalue weighted by atomic mass is 32.1. The highest BCUT2D eigenvalue weighted by Gasteiger charge is 2.51. The molecule has 158 valence electrons. The van der Waals surface area contributed by atoms with Gasteiger partial charge in [0.2, 0.25) is 0 Å². The standard InChI is InChI=1S/C24H28N2O3S/c1-2-15-3-5-19(6-4-15)22-25-20(14-30-22)23(28)29-13-21(27)26-24-10-16-7-17(11-24)9-18(8-16)12-24/h3-6,14,16-18H,2,7-13H2,1H3,(H,26,27). The number of benzene rings is 1. The quantitative estimate of drug-likeness (QED) is 0.688. The molecule has 0 atom stereocenters. The summed E-state index contributed by atoms with van der Waals surface area (Å²) < 4.78 is 5.28. The molecule has 0 spiro atoms. The molecule has 6 rings (SSSR count). The number of thiazole rings is 1. The zero-order chi connectivity index (χ0) is 20.7. The molecule has 0 unspecified atom stereocenters. The maximum atomic E-state index is 12.5. The number of esters is 1. The summed E-state index contributed by atoms with van der Waals surface area (Å²) >= 11 is 1.41. The topological polar surface area (TPSA) is 68.3 Å². The van der Waals surface area contributed by atoms with Crippen molar-refractivity contribution in [3.63, 3.8) is 0 Å². The molecule has 4 saturated carbocycles. The molecule has 0 saturated heterocycles. The first kappa shape index (κ1) is 19.7. The van der Waals surface area contributed by atoms with Gasteiger partial charge in [0, 0.05) is 16.5 Å². The fourth-order valence-electron chi connectivity index (χ4n) is 6.18. The Labute approximate surface area is 181 Å². The normalized spacial score (nSPS) is 29.0. The van der Waals surface area contributed by atoms with Gasteiger partial charge in [-0.05, 0) is 68.3 Å². The number of ether oxygens (including phenoxy) is 1. The van der Waals surface area contributed by atoms with Gasteiger partial charge in [0.15, 0.2) is 12.3 Å². The van der Waals surface area contributed by atoms with Crippen LogP contribution >= 0.6 is 11.3 Å². The summed E-state index contributed by atoms with van der Waals surface area (Å²) in [4.78, 5) is 29.4. The van der Waals surface area contributed by atoms with Crippen LogP contribution in [0.15, 0.2) is 29.6 Å². The van der Waals surface area contributed by atoms with Crippen molar-refractivity contribution in [3.8, 4) is 10.6 Å². The number of aryl methyl sites for hydroxylation is 1. The smallest absolute Gasteiger partial charge is 0.358 e. The van der Waals surface area contributed by atoms with E-state index in [1.807, 2.05) is 12.1 Å². The molecule has 5 nitrogen and oxygen atoms in total. The van der Waals surface area contributed by atoms with E-state index in [1.165, 1.54) is 36.2 Å². The summed E-state index contributed by atoms with van der Waals surface area (Å²) in [6.07, 6.45) is 8.24. The highest BCUT2D eigenvalue weighted by Crippen LogP contribution is 2.55. The third-order valence-corrected chi connectivity index (χ3v) is 7.99. The zero-order valence-corrected chi connectivity index (χ0v) is 18.2. The second kappa shape index (κ2) is 7.80. The van der Waals surface area contributed by atoms with E-state index in [9.17, 15) is 9.59 Å². The van der Waals surface area contributed by atoms with E-state index in [4.69, 9.17) is 4.74 Å². The Morgan fingerprint density at radius 1 is 1.10 bits per heavy atom. The van der Waals surface area contributed by atoms with Crippen LogP contribution in [0.2, 0.25) is 0 Å². The fraction of sp³-hybridized carbons (Fsp3) is 0.542. The van der Waals surface area contributed by atoms with E-state index in [-0.39, 0.29) is 23.7 Å². The van der Waals surface area contributed by atoms with Crippen LogP contribution in [0, 0.1) is 17.8 Å². The molecule has 0 aliphatic heterocycles. The first-order valence-corrected chi connectivity index (χ1v) is 11.9. The maximum absolute atomic E-state index is 12.5. The highest BCUT2D eigenvalue weighted by molar-refractivity contribution is 7.13. The monoisotopic (exact) mass is 424 g/mol. The lowest BCUT2D eigenvalue weighted by atomic mass is 9.53. The number of carbonyl (C=O) groups is 2. The van der Waals surface area contributed by atoms with Crippen LogP contribution in [-0.2, 0) is 16.0 Å². The fourth-order valence-corrected chi connectivity index (χ4v) is 6.98. The summed E-state index contributed by atoms with van der Waals surface area (Å²) in [6, 6.07) is 8.18. The number of hydrogen-bond acceptors (Lipinski definition) is 5. The molecule has 1 aromatic heterocycles. The van der Waals surface area contributed by atoms with Crippen molar-refractivity contribution in [2.45, 2.75) is 57.4 Å². The Balaban J connectivity index is 1.16. The van der Waals surface area contributed by atoms with Gasteiger partial charge in [0.05, 0.1) is 0 Å². The van der Waals surface area contributed by atoms with E-state index in [2.05, 4.69) is 29.4 Å². The van der Waals surface area contributed by atoms with Gasteiger partial charge < -0.3 is 10.1 Å². The van der Waals surface area contributed by atoms with Crippen LogP contribution in [0.4, 0.5) is 0 Å². The van der Waals surface area contributed by atoms with Gasteiger partial charge >= 0.3 is 5.97 Å². The number of rotatable bonds is 6. The Kier molecular flexibility index (Phi) is 5.13. The van der Waals surface area contributed by atoms with Crippen LogP contribution in [0.5, 0.6) is 0 Å².